The van der Waals surface area contributed by atoms with Crippen LogP contribution in [0.3, 0.4) is 0 Å². The number of para-hydroxylation sites is 1. The largest absolute Gasteiger partial charge is 0.341 e. The van der Waals surface area contributed by atoms with Gasteiger partial charge in [-0.15, -0.1) is 0 Å². The Morgan fingerprint density at radius 3 is 2.22 bits per heavy atom. The van der Waals surface area contributed by atoms with E-state index in [1.54, 1.807) is 6.08 Å². The van der Waals surface area contributed by atoms with Gasteiger partial charge in [0.2, 0.25) is 0 Å². The summed E-state index contributed by atoms with van der Waals surface area (Å²) in [6, 6.07) is 26.8. The van der Waals surface area contributed by atoms with Crippen LogP contribution in [-0.4, -0.2) is 4.57 Å². The molecule has 0 bridgehead atoms. The predicted molar refractivity (Wildman–Crippen MR) is 110 cm³/mol. The van der Waals surface area contributed by atoms with Crippen molar-refractivity contribution in [3.8, 4) is 23.3 Å². The Morgan fingerprint density at radius 1 is 0.852 bits per heavy atom. The van der Waals surface area contributed by atoms with E-state index in [2.05, 4.69) is 54.0 Å². The van der Waals surface area contributed by atoms with Gasteiger partial charge in [-0.05, 0) is 47.9 Å². The molecule has 0 aliphatic carbocycles. The van der Waals surface area contributed by atoms with E-state index in [-0.39, 0.29) is 5.57 Å². The van der Waals surface area contributed by atoms with Crippen LogP contribution in [-0.2, 0) is 6.54 Å². The summed E-state index contributed by atoms with van der Waals surface area (Å²) in [6.45, 7) is 3.10. The second kappa shape index (κ2) is 6.83. The Labute approximate surface area is 158 Å². The van der Waals surface area contributed by atoms with E-state index >= 15 is 0 Å². The second-order valence-corrected chi connectivity index (χ2v) is 6.40. The van der Waals surface area contributed by atoms with Crippen LogP contribution in [0.4, 0.5) is 0 Å². The van der Waals surface area contributed by atoms with Crippen molar-refractivity contribution in [3.05, 3.63) is 77.9 Å². The summed E-state index contributed by atoms with van der Waals surface area (Å²) in [4.78, 5) is 0. The highest BCUT2D eigenvalue weighted by Gasteiger charge is 2.10. The Morgan fingerprint density at radius 2 is 1.52 bits per heavy atom. The summed E-state index contributed by atoms with van der Waals surface area (Å²) >= 11 is 0. The lowest BCUT2D eigenvalue weighted by molar-refractivity contribution is 0.827. The number of rotatable bonds is 3. The van der Waals surface area contributed by atoms with Crippen LogP contribution >= 0.6 is 0 Å². The molecule has 0 radical (unpaired) electrons. The molecule has 0 saturated heterocycles. The molecular formula is C24H17N3. The molecule has 0 fully saturated rings. The molecular weight excluding hydrogens is 330 g/mol. The topological polar surface area (TPSA) is 52.5 Å². The van der Waals surface area contributed by atoms with Crippen LogP contribution in [0.5, 0.6) is 0 Å². The molecule has 0 spiro atoms. The predicted octanol–water partition coefficient (Wildman–Crippen LogP) is 5.91. The summed E-state index contributed by atoms with van der Waals surface area (Å²) < 4.78 is 2.34. The summed E-state index contributed by atoms with van der Waals surface area (Å²) in [5.41, 5.74) is 5.72. The van der Waals surface area contributed by atoms with Gasteiger partial charge < -0.3 is 4.57 Å². The van der Waals surface area contributed by atoms with Gasteiger partial charge in [0.1, 0.15) is 17.7 Å². The molecule has 128 valence electrons. The van der Waals surface area contributed by atoms with E-state index in [4.69, 9.17) is 10.5 Å². The lowest BCUT2D eigenvalue weighted by Crippen LogP contribution is -1.92. The van der Waals surface area contributed by atoms with Gasteiger partial charge in [-0.1, -0.05) is 48.5 Å². The third-order valence-electron chi connectivity index (χ3n) is 4.88. The Hall–Kier alpha value is -3.82. The third-order valence-corrected chi connectivity index (χ3v) is 4.88. The first-order valence-electron chi connectivity index (χ1n) is 8.88. The van der Waals surface area contributed by atoms with Crippen molar-refractivity contribution in [2.24, 2.45) is 0 Å². The number of allylic oxidation sites excluding steroid dienone is 1. The Kier molecular flexibility index (Phi) is 4.21. The van der Waals surface area contributed by atoms with E-state index in [0.717, 1.165) is 23.2 Å². The number of aryl methyl sites for hydroxylation is 1. The van der Waals surface area contributed by atoms with E-state index in [1.807, 2.05) is 36.4 Å². The number of hydrogen-bond donors (Lipinski definition) is 0. The fourth-order valence-electron chi connectivity index (χ4n) is 3.60. The standard InChI is InChI=1S/C24H17N3/c1-2-27-23-6-4-3-5-21(23)22-14-20(11-12-24(22)27)19-9-7-17(8-10-19)13-18(15-25)16-26/h3-14H,2H2,1H3. The van der Waals surface area contributed by atoms with Crippen LogP contribution in [0.15, 0.2) is 72.3 Å². The lowest BCUT2D eigenvalue weighted by Gasteiger charge is -2.05. The molecule has 3 aromatic carbocycles. The van der Waals surface area contributed by atoms with Crippen molar-refractivity contribution in [2.45, 2.75) is 13.5 Å². The molecule has 4 rings (SSSR count). The molecule has 0 aliphatic rings. The highest BCUT2D eigenvalue weighted by Crippen LogP contribution is 2.32. The molecule has 27 heavy (non-hydrogen) atoms. The minimum atomic E-state index is 0.108. The lowest BCUT2D eigenvalue weighted by atomic mass is 10.0. The highest BCUT2D eigenvalue weighted by molar-refractivity contribution is 6.09. The van der Waals surface area contributed by atoms with Crippen molar-refractivity contribution in [3.63, 3.8) is 0 Å². The fraction of sp³-hybridized carbons (Fsp3) is 0.0833. The number of fused-ring (bicyclic) bond motifs is 3. The Bertz CT molecular complexity index is 1240. The van der Waals surface area contributed by atoms with Crippen LogP contribution in [0.2, 0.25) is 0 Å². The molecule has 3 heteroatoms. The average Bonchev–Trinajstić information content (AvgIpc) is 3.05. The molecule has 1 aromatic heterocycles. The monoisotopic (exact) mass is 347 g/mol. The molecule has 0 atom stereocenters. The maximum Gasteiger partial charge on any atom is 0.130 e. The summed E-state index contributed by atoms with van der Waals surface area (Å²) in [7, 11) is 0. The maximum absolute atomic E-state index is 8.89. The molecule has 0 unspecified atom stereocenters. The zero-order chi connectivity index (χ0) is 18.8. The molecule has 0 N–H and O–H groups in total. The summed E-state index contributed by atoms with van der Waals surface area (Å²) in [6.07, 6.45) is 1.60. The molecule has 1 heterocycles. The average molecular weight is 347 g/mol. The highest BCUT2D eigenvalue weighted by atomic mass is 15.0. The van der Waals surface area contributed by atoms with E-state index in [1.165, 1.54) is 21.8 Å². The van der Waals surface area contributed by atoms with Gasteiger partial charge >= 0.3 is 0 Å². The van der Waals surface area contributed by atoms with Gasteiger partial charge in [0, 0.05) is 28.4 Å². The van der Waals surface area contributed by atoms with Gasteiger partial charge in [0.15, 0.2) is 0 Å². The molecule has 3 nitrogen and oxygen atoms in total. The quantitative estimate of drug-likeness (QED) is 0.432. The first kappa shape index (κ1) is 16.6. The van der Waals surface area contributed by atoms with Crippen LogP contribution in [0, 0.1) is 22.7 Å². The first-order valence-corrected chi connectivity index (χ1v) is 8.88. The molecule has 0 aliphatic heterocycles. The second-order valence-electron chi connectivity index (χ2n) is 6.40. The van der Waals surface area contributed by atoms with Crippen molar-refractivity contribution in [1.82, 2.24) is 4.57 Å². The molecule has 0 amide bonds. The number of nitrogens with zero attached hydrogens (tertiary/aromatic N) is 3. The number of aromatic nitrogens is 1. The zero-order valence-electron chi connectivity index (χ0n) is 15.0. The SMILES string of the molecule is CCn1c2ccccc2c2cc(-c3ccc(C=C(C#N)C#N)cc3)ccc21. The normalized spacial score (nSPS) is 10.5. The summed E-state index contributed by atoms with van der Waals surface area (Å²) in [5.74, 6) is 0. The smallest absolute Gasteiger partial charge is 0.130 e. The summed E-state index contributed by atoms with van der Waals surface area (Å²) in [5, 5.41) is 20.3. The van der Waals surface area contributed by atoms with Crippen molar-refractivity contribution in [2.75, 3.05) is 0 Å². The molecule has 0 saturated carbocycles. The van der Waals surface area contributed by atoms with Crippen LogP contribution in [0.25, 0.3) is 39.0 Å². The van der Waals surface area contributed by atoms with E-state index in [0.29, 0.717) is 0 Å². The third kappa shape index (κ3) is 2.86. The molecule has 4 aromatic rings. The van der Waals surface area contributed by atoms with E-state index < -0.39 is 0 Å². The number of nitriles is 2. The van der Waals surface area contributed by atoms with Crippen molar-refractivity contribution >= 4 is 27.9 Å². The van der Waals surface area contributed by atoms with Crippen LogP contribution in [0.1, 0.15) is 12.5 Å². The number of benzene rings is 3. The van der Waals surface area contributed by atoms with Crippen molar-refractivity contribution in [1.29, 1.82) is 10.5 Å². The maximum atomic E-state index is 8.89. The van der Waals surface area contributed by atoms with Gasteiger partial charge in [-0.3, -0.25) is 0 Å². The fourth-order valence-corrected chi connectivity index (χ4v) is 3.60. The van der Waals surface area contributed by atoms with Gasteiger partial charge in [0.05, 0.1) is 0 Å². The van der Waals surface area contributed by atoms with Crippen molar-refractivity contribution < 1.29 is 0 Å². The zero-order valence-corrected chi connectivity index (χ0v) is 15.0. The number of hydrogen-bond acceptors (Lipinski definition) is 2. The Balaban J connectivity index is 1.81. The van der Waals surface area contributed by atoms with E-state index in [9.17, 15) is 0 Å². The van der Waals surface area contributed by atoms with Gasteiger partial charge in [-0.25, -0.2) is 0 Å². The minimum Gasteiger partial charge on any atom is -0.341 e. The minimum absolute atomic E-state index is 0.108. The first-order chi connectivity index (χ1) is 13.2. The van der Waals surface area contributed by atoms with Crippen LogP contribution < -0.4 is 0 Å². The van der Waals surface area contributed by atoms with Gasteiger partial charge in [-0.2, -0.15) is 10.5 Å². The van der Waals surface area contributed by atoms with Gasteiger partial charge in [0.25, 0.3) is 0 Å².